The summed E-state index contributed by atoms with van der Waals surface area (Å²) < 4.78 is 6.00. The number of nitrogens with two attached hydrogens (primary N) is 6. The predicted octanol–water partition coefficient (Wildman–Crippen LogP) is 3.42. The minimum absolute atomic E-state index is 0.0382. The number of aromatic hydroxyl groups is 3. The second-order valence-electron chi connectivity index (χ2n) is 7.68. The average Bonchev–Trinajstić information content (AvgIpc) is 2.79. The normalized spacial score (nSPS) is 10.8. The molecule has 0 aliphatic rings. The fraction of sp³-hybridized carbons (Fsp3) is 0. The highest BCUT2D eigenvalue weighted by Crippen LogP contribution is 2.46. The van der Waals surface area contributed by atoms with Gasteiger partial charge in [-0.05, 0) is 48.5 Å². The van der Waals surface area contributed by atoms with Crippen LogP contribution in [-0.4, -0.2) is 15.3 Å². The van der Waals surface area contributed by atoms with Gasteiger partial charge >= 0.3 is 0 Å². The first-order valence-electron chi connectivity index (χ1n) is 10.0. The largest absolute Gasteiger partial charge is 0.506 e. The van der Waals surface area contributed by atoms with Gasteiger partial charge in [0.25, 0.3) is 0 Å². The number of anilines is 6. The van der Waals surface area contributed by atoms with Gasteiger partial charge in [0, 0.05) is 45.4 Å². The number of benzene rings is 4. The van der Waals surface area contributed by atoms with Gasteiger partial charge in [-0.15, -0.1) is 0 Å². The van der Waals surface area contributed by atoms with E-state index in [4.69, 9.17) is 39.1 Å². The molecule has 0 aromatic heterocycles. The summed E-state index contributed by atoms with van der Waals surface area (Å²) in [6.45, 7) is 0. The Morgan fingerprint density at radius 3 is 1.44 bits per heavy atom. The number of phenolic OH excluding ortho intramolecular Hbond substituents is 3. The molecule has 0 bridgehead atoms. The minimum Gasteiger partial charge on any atom is -0.506 e. The Bertz CT molecular complexity index is 1410. The van der Waals surface area contributed by atoms with Crippen LogP contribution in [0.1, 0.15) is 0 Å². The van der Waals surface area contributed by atoms with E-state index in [2.05, 4.69) is 0 Å². The van der Waals surface area contributed by atoms with Crippen molar-refractivity contribution in [2.75, 3.05) is 34.4 Å². The highest BCUT2D eigenvalue weighted by Gasteiger charge is 2.19. The number of hydrogen-bond acceptors (Lipinski definition) is 10. The Kier molecular flexibility index (Phi) is 5.26. The number of rotatable bonds is 4. The summed E-state index contributed by atoms with van der Waals surface area (Å²) in [5.41, 5.74) is 38.8. The van der Waals surface area contributed by atoms with Crippen molar-refractivity contribution in [1.29, 1.82) is 0 Å². The van der Waals surface area contributed by atoms with Crippen molar-refractivity contribution in [1.82, 2.24) is 0 Å². The van der Waals surface area contributed by atoms with E-state index >= 15 is 0 Å². The van der Waals surface area contributed by atoms with Crippen molar-refractivity contribution in [2.45, 2.75) is 0 Å². The van der Waals surface area contributed by atoms with E-state index in [1.807, 2.05) is 0 Å². The first-order valence-corrected chi connectivity index (χ1v) is 10.0. The van der Waals surface area contributed by atoms with Crippen LogP contribution in [0.5, 0.6) is 28.7 Å². The van der Waals surface area contributed by atoms with E-state index in [1.54, 1.807) is 36.4 Å². The van der Waals surface area contributed by atoms with Crippen molar-refractivity contribution in [3.8, 4) is 51.0 Å². The standard InChI is InChI=1S/C24H24N6O4/c25-14-3-1-10(7-12(14)20-16(27)5-6-17(31)22(20)28)34-11-2-4-15(26)13(8-11)21-23(29)18(32)9-19(33)24(21)30/h1-9,31-33H,25-30H2. The lowest BCUT2D eigenvalue weighted by atomic mass is 9.98. The Labute approximate surface area is 194 Å². The Balaban J connectivity index is 1.78. The van der Waals surface area contributed by atoms with E-state index < -0.39 is 0 Å². The smallest absolute Gasteiger partial charge is 0.142 e. The van der Waals surface area contributed by atoms with Gasteiger partial charge in [0.05, 0.1) is 17.1 Å². The summed E-state index contributed by atoms with van der Waals surface area (Å²) in [5, 5.41) is 30.1. The van der Waals surface area contributed by atoms with E-state index in [0.29, 0.717) is 45.3 Å². The lowest BCUT2D eigenvalue weighted by Gasteiger charge is -2.17. The van der Waals surface area contributed by atoms with Crippen LogP contribution in [0.15, 0.2) is 54.6 Å². The van der Waals surface area contributed by atoms with Crippen LogP contribution in [0.25, 0.3) is 22.3 Å². The van der Waals surface area contributed by atoms with E-state index in [9.17, 15) is 15.3 Å². The fourth-order valence-corrected chi connectivity index (χ4v) is 3.67. The zero-order valence-electron chi connectivity index (χ0n) is 17.9. The molecule has 0 saturated carbocycles. The van der Waals surface area contributed by atoms with Gasteiger partial charge in [-0.3, -0.25) is 0 Å². The van der Waals surface area contributed by atoms with Crippen molar-refractivity contribution in [3.63, 3.8) is 0 Å². The molecule has 0 fully saturated rings. The molecule has 174 valence electrons. The summed E-state index contributed by atoms with van der Waals surface area (Å²) in [6.07, 6.45) is 0. The molecule has 0 aliphatic heterocycles. The summed E-state index contributed by atoms with van der Waals surface area (Å²) >= 11 is 0. The van der Waals surface area contributed by atoms with Crippen LogP contribution in [0.2, 0.25) is 0 Å². The summed E-state index contributed by atoms with van der Waals surface area (Å²) in [4.78, 5) is 0. The highest BCUT2D eigenvalue weighted by molar-refractivity contribution is 5.97. The molecule has 0 unspecified atom stereocenters. The predicted molar refractivity (Wildman–Crippen MR) is 135 cm³/mol. The molecule has 0 heterocycles. The maximum absolute atomic E-state index is 10.0. The van der Waals surface area contributed by atoms with E-state index in [1.165, 1.54) is 12.1 Å². The van der Waals surface area contributed by atoms with Crippen molar-refractivity contribution in [3.05, 3.63) is 54.6 Å². The third kappa shape index (κ3) is 3.69. The molecule has 0 saturated heterocycles. The van der Waals surface area contributed by atoms with Gasteiger partial charge in [-0.2, -0.15) is 0 Å². The topological polar surface area (TPSA) is 226 Å². The number of ether oxygens (including phenoxy) is 1. The zero-order valence-corrected chi connectivity index (χ0v) is 17.9. The molecule has 34 heavy (non-hydrogen) atoms. The summed E-state index contributed by atoms with van der Waals surface area (Å²) in [7, 11) is 0. The van der Waals surface area contributed by atoms with Crippen molar-refractivity contribution >= 4 is 34.1 Å². The summed E-state index contributed by atoms with van der Waals surface area (Å²) in [5.74, 6) is -0.0448. The lowest BCUT2D eigenvalue weighted by molar-refractivity contribution is 0.454. The molecule has 0 radical (unpaired) electrons. The Hall–Kier alpha value is -5.12. The van der Waals surface area contributed by atoms with E-state index in [0.717, 1.165) is 6.07 Å². The average molecular weight is 460 g/mol. The lowest BCUT2D eigenvalue weighted by Crippen LogP contribution is -2.01. The van der Waals surface area contributed by atoms with Gasteiger partial charge < -0.3 is 54.5 Å². The summed E-state index contributed by atoms with van der Waals surface area (Å²) in [6, 6.07) is 13.7. The SMILES string of the molecule is Nc1ccc(Oc2ccc(N)c(-c3c(N)c(O)cc(O)c3N)c2)cc1-c1c(N)ccc(O)c1N. The van der Waals surface area contributed by atoms with Gasteiger partial charge in [0.2, 0.25) is 0 Å². The van der Waals surface area contributed by atoms with Crippen LogP contribution in [0, 0.1) is 0 Å². The molecule has 10 heteroatoms. The number of phenols is 3. The monoisotopic (exact) mass is 460 g/mol. The maximum Gasteiger partial charge on any atom is 0.142 e. The van der Waals surface area contributed by atoms with Gasteiger partial charge in [0.1, 0.15) is 28.7 Å². The van der Waals surface area contributed by atoms with Crippen LogP contribution < -0.4 is 39.1 Å². The van der Waals surface area contributed by atoms with Crippen LogP contribution in [0.4, 0.5) is 34.1 Å². The molecule has 4 rings (SSSR count). The van der Waals surface area contributed by atoms with Gasteiger partial charge in [-0.1, -0.05) is 0 Å². The molecule has 4 aromatic rings. The molecular weight excluding hydrogens is 436 g/mol. The van der Waals surface area contributed by atoms with Gasteiger partial charge in [-0.25, -0.2) is 0 Å². The second-order valence-corrected chi connectivity index (χ2v) is 7.68. The third-order valence-electron chi connectivity index (χ3n) is 5.44. The molecular formula is C24H24N6O4. The molecule has 4 aromatic carbocycles. The van der Waals surface area contributed by atoms with Gasteiger partial charge in [0.15, 0.2) is 0 Å². The number of hydrogen-bond donors (Lipinski definition) is 9. The molecule has 0 atom stereocenters. The van der Waals surface area contributed by atoms with Crippen LogP contribution in [-0.2, 0) is 0 Å². The molecule has 15 N–H and O–H groups in total. The van der Waals surface area contributed by atoms with Crippen molar-refractivity contribution < 1.29 is 20.1 Å². The highest BCUT2D eigenvalue weighted by atomic mass is 16.5. The Morgan fingerprint density at radius 2 is 0.912 bits per heavy atom. The van der Waals surface area contributed by atoms with Crippen molar-refractivity contribution in [2.24, 2.45) is 0 Å². The van der Waals surface area contributed by atoms with Crippen LogP contribution in [0.3, 0.4) is 0 Å². The fourth-order valence-electron chi connectivity index (χ4n) is 3.67. The molecule has 0 aliphatic carbocycles. The first-order chi connectivity index (χ1) is 16.1. The third-order valence-corrected chi connectivity index (χ3v) is 5.44. The zero-order chi connectivity index (χ0) is 24.7. The Morgan fingerprint density at radius 1 is 0.471 bits per heavy atom. The van der Waals surface area contributed by atoms with Crippen LogP contribution >= 0.6 is 0 Å². The second kappa shape index (κ2) is 8.10. The number of nitrogen functional groups attached to an aromatic ring is 6. The minimum atomic E-state index is -0.336. The first kappa shape index (κ1) is 22.1. The molecule has 0 spiro atoms. The molecule has 10 nitrogen and oxygen atoms in total. The van der Waals surface area contributed by atoms with E-state index in [-0.39, 0.29) is 39.9 Å². The maximum atomic E-state index is 10.0. The quantitative estimate of drug-likeness (QED) is 0.122. The molecule has 0 amide bonds.